The van der Waals surface area contributed by atoms with E-state index in [-0.39, 0.29) is 15.6 Å². The van der Waals surface area contributed by atoms with Crippen LogP contribution in [0.25, 0.3) is 0 Å². The second-order valence-corrected chi connectivity index (χ2v) is 5.97. The van der Waals surface area contributed by atoms with Crippen molar-refractivity contribution >= 4 is 15.6 Å². The number of hydrogen-bond acceptors (Lipinski definition) is 3. The highest BCUT2D eigenvalue weighted by Gasteiger charge is 2.26. The van der Waals surface area contributed by atoms with Gasteiger partial charge in [0.1, 0.15) is 4.91 Å². The summed E-state index contributed by atoms with van der Waals surface area (Å²) in [6.45, 7) is 0. The fourth-order valence-corrected chi connectivity index (χ4v) is 3.39. The van der Waals surface area contributed by atoms with Crippen LogP contribution in [-0.2, 0) is 14.6 Å². The zero-order chi connectivity index (χ0) is 12.3. The lowest BCUT2D eigenvalue weighted by Gasteiger charge is -2.06. The van der Waals surface area contributed by atoms with Gasteiger partial charge in [0.25, 0.3) is 0 Å². The molecule has 1 aliphatic carbocycles. The number of carbonyl (C=O) groups is 1. The summed E-state index contributed by atoms with van der Waals surface area (Å²) < 4.78 is 24.5. The largest absolute Gasteiger partial charge is 0.293 e. The first kappa shape index (κ1) is 12.0. The van der Waals surface area contributed by atoms with E-state index in [0.717, 1.165) is 12.8 Å². The summed E-state index contributed by atoms with van der Waals surface area (Å²) >= 11 is 0. The molecule has 90 valence electrons. The van der Waals surface area contributed by atoms with Crippen LogP contribution < -0.4 is 0 Å². The second kappa shape index (κ2) is 4.84. The molecular weight excluding hydrogens is 236 g/mol. The van der Waals surface area contributed by atoms with Crippen LogP contribution >= 0.6 is 0 Å². The van der Waals surface area contributed by atoms with E-state index in [9.17, 15) is 13.2 Å². The van der Waals surface area contributed by atoms with Crippen molar-refractivity contribution in [1.82, 2.24) is 0 Å². The van der Waals surface area contributed by atoms with Crippen LogP contribution in [0.4, 0.5) is 0 Å². The van der Waals surface area contributed by atoms with Crippen LogP contribution in [0.2, 0.25) is 0 Å². The number of allylic oxidation sites excluding steroid dienone is 2. The highest BCUT2D eigenvalue weighted by atomic mass is 32.2. The van der Waals surface area contributed by atoms with Gasteiger partial charge in [0.15, 0.2) is 5.78 Å². The Bertz CT molecular complexity index is 541. The summed E-state index contributed by atoms with van der Waals surface area (Å²) in [4.78, 5) is 12.0. The highest BCUT2D eigenvalue weighted by molar-refractivity contribution is 7.96. The van der Waals surface area contributed by atoms with E-state index in [1.165, 1.54) is 12.1 Å². The molecule has 0 atom stereocenters. The lowest BCUT2D eigenvalue weighted by molar-refractivity contribution is -0.114. The summed E-state index contributed by atoms with van der Waals surface area (Å²) in [7, 11) is -3.62. The van der Waals surface area contributed by atoms with Crippen molar-refractivity contribution in [3.05, 3.63) is 41.3 Å². The third-order valence-electron chi connectivity index (χ3n) is 2.81. The van der Waals surface area contributed by atoms with Crippen molar-refractivity contribution in [3.8, 4) is 0 Å². The van der Waals surface area contributed by atoms with Crippen LogP contribution in [0.5, 0.6) is 0 Å². The van der Waals surface area contributed by atoms with Gasteiger partial charge in [0, 0.05) is 6.42 Å². The van der Waals surface area contributed by atoms with Gasteiger partial charge in [0.05, 0.1) is 4.90 Å². The van der Waals surface area contributed by atoms with Crippen molar-refractivity contribution in [3.63, 3.8) is 0 Å². The lowest BCUT2D eigenvalue weighted by atomic mass is 10.2. The monoisotopic (exact) mass is 250 g/mol. The van der Waals surface area contributed by atoms with Crippen LogP contribution in [0.3, 0.4) is 0 Å². The Balaban J connectivity index is 2.45. The van der Waals surface area contributed by atoms with Gasteiger partial charge in [-0.25, -0.2) is 8.42 Å². The molecule has 2 rings (SSSR count). The molecule has 4 heteroatoms. The van der Waals surface area contributed by atoms with Gasteiger partial charge in [-0.1, -0.05) is 24.3 Å². The average Bonchev–Trinajstić information content (AvgIpc) is 2.55. The van der Waals surface area contributed by atoms with Crippen molar-refractivity contribution < 1.29 is 13.2 Å². The molecule has 0 N–H and O–H groups in total. The predicted molar refractivity (Wildman–Crippen MR) is 65.2 cm³/mol. The number of benzene rings is 1. The van der Waals surface area contributed by atoms with Crippen LogP contribution in [-0.4, -0.2) is 14.2 Å². The molecule has 1 aliphatic rings. The normalized spacial score (nSPS) is 17.4. The third-order valence-corrected chi connectivity index (χ3v) is 4.67. The van der Waals surface area contributed by atoms with Gasteiger partial charge >= 0.3 is 0 Å². The number of sulfone groups is 1. The Morgan fingerprint density at radius 1 is 1.00 bits per heavy atom. The zero-order valence-electron chi connectivity index (χ0n) is 9.43. The molecule has 1 aromatic rings. The third kappa shape index (κ3) is 2.47. The van der Waals surface area contributed by atoms with Gasteiger partial charge in [-0.2, -0.15) is 0 Å². The standard InChI is InChI=1S/C13H14O3S/c14-12-9-5-2-6-10-13(12)17(15,16)11-7-3-1-4-8-11/h1,3-4,7-8,10H,2,5-6,9H2. The minimum Gasteiger partial charge on any atom is -0.293 e. The number of ketones is 1. The fourth-order valence-electron chi connectivity index (χ4n) is 1.89. The smallest absolute Gasteiger partial charge is 0.209 e. The van der Waals surface area contributed by atoms with Gasteiger partial charge < -0.3 is 0 Å². The molecule has 0 saturated carbocycles. The SMILES string of the molecule is O=C1CCCCC=C1S(=O)(=O)c1ccccc1. The number of hydrogen-bond donors (Lipinski definition) is 0. The van der Waals surface area contributed by atoms with Crippen molar-refractivity contribution in [2.45, 2.75) is 30.6 Å². The molecule has 0 aromatic heterocycles. The summed E-state index contributed by atoms with van der Waals surface area (Å²) in [6, 6.07) is 8.12. The topological polar surface area (TPSA) is 51.2 Å². The van der Waals surface area contributed by atoms with Crippen LogP contribution in [0.15, 0.2) is 46.2 Å². The molecule has 0 amide bonds. The maximum absolute atomic E-state index is 12.3. The first-order chi connectivity index (χ1) is 8.12. The molecule has 0 spiro atoms. The highest BCUT2D eigenvalue weighted by Crippen LogP contribution is 2.24. The Morgan fingerprint density at radius 2 is 1.71 bits per heavy atom. The van der Waals surface area contributed by atoms with Gasteiger partial charge in [-0.05, 0) is 31.4 Å². The maximum Gasteiger partial charge on any atom is 0.209 e. The van der Waals surface area contributed by atoms with E-state index < -0.39 is 9.84 Å². The van der Waals surface area contributed by atoms with Gasteiger partial charge in [-0.15, -0.1) is 0 Å². The molecule has 0 fully saturated rings. The first-order valence-electron chi connectivity index (χ1n) is 5.66. The molecule has 3 nitrogen and oxygen atoms in total. The van der Waals surface area contributed by atoms with Crippen molar-refractivity contribution in [1.29, 1.82) is 0 Å². The Morgan fingerprint density at radius 3 is 2.41 bits per heavy atom. The van der Waals surface area contributed by atoms with E-state index in [1.54, 1.807) is 24.3 Å². The lowest BCUT2D eigenvalue weighted by Crippen LogP contribution is -2.13. The summed E-state index contributed by atoms with van der Waals surface area (Å²) in [5, 5.41) is 0. The van der Waals surface area contributed by atoms with E-state index in [1.807, 2.05) is 0 Å². The van der Waals surface area contributed by atoms with Gasteiger partial charge in [0.2, 0.25) is 9.84 Å². The molecule has 0 aliphatic heterocycles. The second-order valence-electron chi connectivity index (χ2n) is 4.05. The Labute approximate surface area is 101 Å². The minimum atomic E-state index is -3.62. The summed E-state index contributed by atoms with van der Waals surface area (Å²) in [6.07, 6.45) is 4.20. The van der Waals surface area contributed by atoms with Crippen molar-refractivity contribution in [2.24, 2.45) is 0 Å². The van der Waals surface area contributed by atoms with Gasteiger partial charge in [-0.3, -0.25) is 4.79 Å². The summed E-state index contributed by atoms with van der Waals surface area (Å²) in [5.41, 5.74) is 0. The molecule has 0 bridgehead atoms. The maximum atomic E-state index is 12.3. The number of rotatable bonds is 2. The van der Waals surface area contributed by atoms with E-state index >= 15 is 0 Å². The molecule has 1 aromatic carbocycles. The van der Waals surface area contributed by atoms with E-state index in [2.05, 4.69) is 0 Å². The molecule has 0 radical (unpaired) electrons. The van der Waals surface area contributed by atoms with Crippen LogP contribution in [0, 0.1) is 0 Å². The van der Waals surface area contributed by atoms with Crippen molar-refractivity contribution in [2.75, 3.05) is 0 Å². The average molecular weight is 250 g/mol. The molecule has 0 unspecified atom stereocenters. The first-order valence-corrected chi connectivity index (χ1v) is 7.14. The Kier molecular flexibility index (Phi) is 3.43. The number of carbonyl (C=O) groups excluding carboxylic acids is 1. The minimum absolute atomic E-state index is 0.0267. The predicted octanol–water partition coefficient (Wildman–Crippen LogP) is 2.49. The molecular formula is C13H14O3S. The molecule has 0 saturated heterocycles. The van der Waals surface area contributed by atoms with E-state index in [0.29, 0.717) is 12.8 Å². The molecule has 17 heavy (non-hydrogen) atoms. The Hall–Kier alpha value is -1.42. The van der Waals surface area contributed by atoms with Crippen LogP contribution in [0.1, 0.15) is 25.7 Å². The quantitative estimate of drug-likeness (QED) is 0.810. The molecule has 0 heterocycles. The zero-order valence-corrected chi connectivity index (χ0v) is 10.2. The summed E-state index contributed by atoms with van der Waals surface area (Å²) in [5.74, 6) is -0.258. The van der Waals surface area contributed by atoms with E-state index in [4.69, 9.17) is 0 Å². The fraction of sp³-hybridized carbons (Fsp3) is 0.308. The number of Topliss-reactive ketones (excluding diaryl/α,β-unsaturated/α-hetero) is 1.